The van der Waals surface area contributed by atoms with E-state index in [1.165, 1.54) is 6.07 Å². The molecular formula is C11H13FN2O. The van der Waals surface area contributed by atoms with Crippen molar-refractivity contribution in [3.8, 4) is 0 Å². The fourth-order valence-electron chi connectivity index (χ4n) is 1.79. The van der Waals surface area contributed by atoms with E-state index in [1.807, 2.05) is 13.0 Å². The maximum Gasteiger partial charge on any atom is 0.132 e. The highest BCUT2D eigenvalue weighted by Crippen LogP contribution is 2.27. The zero-order chi connectivity index (χ0) is 10.8. The number of nitrogens with two attached hydrogens (primary N) is 1. The predicted molar refractivity (Wildman–Crippen MR) is 56.8 cm³/mol. The van der Waals surface area contributed by atoms with Crippen LogP contribution in [0.3, 0.4) is 0 Å². The van der Waals surface area contributed by atoms with Crippen LogP contribution < -0.4 is 5.90 Å². The van der Waals surface area contributed by atoms with Gasteiger partial charge in [-0.1, -0.05) is 13.0 Å². The number of hydrogen-bond acceptors (Lipinski definition) is 2. The van der Waals surface area contributed by atoms with Crippen LogP contribution in [0.1, 0.15) is 18.4 Å². The monoisotopic (exact) mass is 208 g/mol. The Morgan fingerprint density at radius 1 is 1.53 bits per heavy atom. The minimum atomic E-state index is -0.215. The van der Waals surface area contributed by atoms with E-state index in [2.05, 4.69) is 9.82 Å². The van der Waals surface area contributed by atoms with Gasteiger partial charge in [0.2, 0.25) is 0 Å². The second-order valence-corrected chi connectivity index (χ2v) is 3.64. The third-order valence-electron chi connectivity index (χ3n) is 2.56. The molecule has 2 rings (SSSR count). The largest absolute Gasteiger partial charge is 0.361 e. The molecule has 1 aromatic carbocycles. The number of aromatic nitrogens is 1. The number of benzene rings is 1. The van der Waals surface area contributed by atoms with E-state index in [-0.39, 0.29) is 11.7 Å². The zero-order valence-electron chi connectivity index (χ0n) is 8.46. The summed E-state index contributed by atoms with van der Waals surface area (Å²) < 4.78 is 13.6. The first-order valence-corrected chi connectivity index (χ1v) is 4.81. The summed E-state index contributed by atoms with van der Waals surface area (Å²) >= 11 is 0. The van der Waals surface area contributed by atoms with Crippen molar-refractivity contribution in [3.05, 3.63) is 35.8 Å². The lowest BCUT2D eigenvalue weighted by molar-refractivity contribution is 0.127. The molecule has 3 N–H and O–H groups in total. The van der Waals surface area contributed by atoms with Crippen LogP contribution in [0.15, 0.2) is 24.4 Å². The summed E-state index contributed by atoms with van der Waals surface area (Å²) in [4.78, 5) is 7.61. The van der Waals surface area contributed by atoms with Crippen molar-refractivity contribution >= 4 is 10.9 Å². The van der Waals surface area contributed by atoms with Crippen LogP contribution in [-0.4, -0.2) is 11.6 Å². The van der Waals surface area contributed by atoms with Gasteiger partial charge in [0.15, 0.2) is 0 Å². The maximum absolute atomic E-state index is 13.6. The summed E-state index contributed by atoms with van der Waals surface area (Å²) in [5.74, 6) is 4.87. The molecule has 1 heterocycles. The molecule has 2 aromatic rings. The van der Waals surface area contributed by atoms with Crippen molar-refractivity contribution in [1.82, 2.24) is 4.98 Å². The van der Waals surface area contributed by atoms with E-state index in [0.717, 1.165) is 11.1 Å². The van der Waals surface area contributed by atoms with Crippen LogP contribution in [0.4, 0.5) is 4.39 Å². The third kappa shape index (κ3) is 1.73. The Morgan fingerprint density at radius 2 is 2.33 bits per heavy atom. The van der Waals surface area contributed by atoms with E-state index in [4.69, 9.17) is 5.90 Å². The SMILES string of the molecule is CC(CON)c1c[nH]c2cccc(F)c12. The highest BCUT2D eigenvalue weighted by atomic mass is 19.1. The van der Waals surface area contributed by atoms with Gasteiger partial charge in [-0.25, -0.2) is 10.3 Å². The van der Waals surface area contributed by atoms with E-state index in [1.54, 1.807) is 12.3 Å². The molecule has 1 atom stereocenters. The van der Waals surface area contributed by atoms with E-state index >= 15 is 0 Å². The van der Waals surface area contributed by atoms with Crippen molar-refractivity contribution in [2.75, 3.05) is 6.61 Å². The Morgan fingerprint density at radius 3 is 3.07 bits per heavy atom. The zero-order valence-corrected chi connectivity index (χ0v) is 8.46. The molecule has 0 bridgehead atoms. The molecule has 1 aromatic heterocycles. The van der Waals surface area contributed by atoms with Gasteiger partial charge in [-0.15, -0.1) is 0 Å². The lowest BCUT2D eigenvalue weighted by Gasteiger charge is -2.08. The lowest BCUT2D eigenvalue weighted by atomic mass is 10.0. The number of rotatable bonds is 3. The first kappa shape index (κ1) is 10.1. The first-order valence-electron chi connectivity index (χ1n) is 4.81. The number of aromatic amines is 1. The van der Waals surface area contributed by atoms with E-state index in [0.29, 0.717) is 12.0 Å². The quantitative estimate of drug-likeness (QED) is 0.760. The van der Waals surface area contributed by atoms with Crippen LogP contribution >= 0.6 is 0 Å². The van der Waals surface area contributed by atoms with Crippen LogP contribution in [0.2, 0.25) is 0 Å². The van der Waals surface area contributed by atoms with Gasteiger partial charge in [0, 0.05) is 23.0 Å². The fraction of sp³-hybridized carbons (Fsp3) is 0.273. The van der Waals surface area contributed by atoms with Crippen molar-refractivity contribution < 1.29 is 9.23 Å². The Hall–Kier alpha value is -1.39. The van der Waals surface area contributed by atoms with Gasteiger partial charge in [0.05, 0.1) is 6.61 Å². The standard InChI is InChI=1S/C11H13FN2O/c1-7(6-15-13)8-5-14-10-4-2-3-9(12)11(8)10/h2-5,7,14H,6,13H2,1H3. The Kier molecular flexibility index (Phi) is 2.70. The highest BCUT2D eigenvalue weighted by molar-refractivity contribution is 5.84. The second-order valence-electron chi connectivity index (χ2n) is 3.64. The van der Waals surface area contributed by atoms with Crippen molar-refractivity contribution in [1.29, 1.82) is 0 Å². The van der Waals surface area contributed by atoms with Gasteiger partial charge in [0.1, 0.15) is 5.82 Å². The Balaban J connectivity index is 2.52. The van der Waals surface area contributed by atoms with Gasteiger partial charge >= 0.3 is 0 Å². The van der Waals surface area contributed by atoms with Crippen molar-refractivity contribution in [2.45, 2.75) is 12.8 Å². The molecule has 80 valence electrons. The minimum absolute atomic E-state index is 0.0700. The predicted octanol–water partition coefficient (Wildman–Crippen LogP) is 2.30. The number of nitrogens with one attached hydrogen (secondary N) is 1. The normalized spacial score (nSPS) is 13.3. The lowest BCUT2D eigenvalue weighted by Crippen LogP contribution is -2.08. The molecule has 15 heavy (non-hydrogen) atoms. The molecule has 4 heteroatoms. The molecule has 1 unspecified atom stereocenters. The molecule has 0 saturated heterocycles. The average molecular weight is 208 g/mol. The first-order chi connectivity index (χ1) is 7.24. The molecule has 0 saturated carbocycles. The van der Waals surface area contributed by atoms with Crippen LogP contribution in [0.25, 0.3) is 10.9 Å². The van der Waals surface area contributed by atoms with Gasteiger partial charge in [-0.2, -0.15) is 0 Å². The molecule has 0 amide bonds. The third-order valence-corrected chi connectivity index (χ3v) is 2.56. The molecule has 0 fully saturated rings. The number of fused-ring (bicyclic) bond motifs is 1. The van der Waals surface area contributed by atoms with Crippen LogP contribution in [0.5, 0.6) is 0 Å². The smallest absolute Gasteiger partial charge is 0.132 e. The Bertz CT molecular complexity index is 467. The number of halogens is 1. The molecule has 0 aliphatic heterocycles. The number of hydrogen-bond donors (Lipinski definition) is 2. The molecule has 0 spiro atoms. The summed E-state index contributed by atoms with van der Waals surface area (Å²) in [7, 11) is 0. The highest BCUT2D eigenvalue weighted by Gasteiger charge is 2.14. The Labute approximate surface area is 87.0 Å². The van der Waals surface area contributed by atoms with Crippen molar-refractivity contribution in [3.63, 3.8) is 0 Å². The van der Waals surface area contributed by atoms with Crippen LogP contribution in [0, 0.1) is 5.82 Å². The topological polar surface area (TPSA) is 51.0 Å². The summed E-state index contributed by atoms with van der Waals surface area (Å²) in [5.41, 5.74) is 1.70. The van der Waals surface area contributed by atoms with Gasteiger partial charge in [0.25, 0.3) is 0 Å². The molecule has 0 radical (unpaired) electrons. The molecule has 0 aliphatic carbocycles. The van der Waals surface area contributed by atoms with Gasteiger partial charge < -0.3 is 9.82 Å². The molecule has 3 nitrogen and oxygen atoms in total. The number of H-pyrrole nitrogens is 1. The summed E-state index contributed by atoms with van der Waals surface area (Å²) in [6.45, 7) is 2.32. The van der Waals surface area contributed by atoms with E-state index < -0.39 is 0 Å². The minimum Gasteiger partial charge on any atom is -0.361 e. The summed E-state index contributed by atoms with van der Waals surface area (Å²) in [5, 5.41) is 0.627. The van der Waals surface area contributed by atoms with Gasteiger partial charge in [-0.3, -0.25) is 0 Å². The van der Waals surface area contributed by atoms with Crippen molar-refractivity contribution in [2.24, 2.45) is 5.90 Å². The summed E-state index contributed by atoms with van der Waals surface area (Å²) in [6.07, 6.45) is 1.80. The molecular weight excluding hydrogens is 195 g/mol. The fourth-order valence-corrected chi connectivity index (χ4v) is 1.79. The maximum atomic E-state index is 13.6. The summed E-state index contributed by atoms with van der Waals surface area (Å²) in [6, 6.07) is 4.98. The molecule has 0 aliphatic rings. The second kappa shape index (κ2) is 4.00. The van der Waals surface area contributed by atoms with E-state index in [9.17, 15) is 4.39 Å². The van der Waals surface area contributed by atoms with Gasteiger partial charge in [-0.05, 0) is 17.7 Å². The average Bonchev–Trinajstić information content (AvgIpc) is 2.63. The van der Waals surface area contributed by atoms with Crippen LogP contribution in [-0.2, 0) is 4.84 Å².